The second-order valence-electron chi connectivity index (χ2n) is 7.47. The zero-order valence-corrected chi connectivity index (χ0v) is 17.5. The van der Waals surface area contributed by atoms with Crippen molar-refractivity contribution in [3.8, 4) is 0 Å². The zero-order valence-electron chi connectivity index (χ0n) is 17.5. The van der Waals surface area contributed by atoms with Crippen molar-refractivity contribution in [3.63, 3.8) is 0 Å². The van der Waals surface area contributed by atoms with Gasteiger partial charge in [-0.3, -0.25) is 0 Å². The Hall–Kier alpha value is -1.56. The van der Waals surface area contributed by atoms with Crippen molar-refractivity contribution in [2.24, 2.45) is 0 Å². The van der Waals surface area contributed by atoms with Crippen molar-refractivity contribution in [1.29, 1.82) is 0 Å². The quantitative estimate of drug-likeness (QED) is 0.401. The minimum Gasteiger partial charge on any atom is -0.0845 e. The summed E-state index contributed by atoms with van der Waals surface area (Å²) in [6.07, 6.45) is 47.0. The molecular weight excluding hydrogens is 324 g/mol. The van der Waals surface area contributed by atoms with Crippen LogP contribution in [-0.2, 0) is 0 Å². The molecule has 0 heteroatoms. The fourth-order valence-electron chi connectivity index (χ4n) is 3.26. The molecule has 0 fully saturated rings. The first kappa shape index (κ1) is 23.5. The van der Waals surface area contributed by atoms with E-state index < -0.39 is 0 Å². The fourth-order valence-corrected chi connectivity index (χ4v) is 3.26. The smallest absolute Gasteiger partial charge is 0.0276 e. The number of rotatable bonds is 0. The van der Waals surface area contributed by atoms with E-state index in [1.54, 1.807) is 0 Å². The van der Waals surface area contributed by atoms with E-state index >= 15 is 0 Å². The summed E-state index contributed by atoms with van der Waals surface area (Å²) in [5.74, 6) is 0. The molecule has 0 aliphatic heterocycles. The van der Waals surface area contributed by atoms with Crippen molar-refractivity contribution >= 4 is 0 Å². The van der Waals surface area contributed by atoms with Crippen molar-refractivity contribution < 1.29 is 0 Å². The maximum atomic E-state index is 3.37. The van der Waals surface area contributed by atoms with Gasteiger partial charge in [-0.25, -0.2) is 0 Å². The zero-order chi connectivity index (χ0) is 19.1. The molecule has 0 amide bonds. The van der Waals surface area contributed by atoms with E-state index in [0.717, 1.165) is 6.42 Å². The lowest BCUT2D eigenvalue weighted by Gasteiger charge is -2.02. The van der Waals surface area contributed by atoms with Crippen LogP contribution in [0.15, 0.2) is 66.8 Å². The lowest BCUT2D eigenvalue weighted by molar-refractivity contribution is 0.537. The summed E-state index contributed by atoms with van der Waals surface area (Å²) in [5.41, 5.74) is 0. The summed E-state index contributed by atoms with van der Waals surface area (Å²) in [6, 6.07) is 0. The summed E-state index contributed by atoms with van der Waals surface area (Å²) in [4.78, 5) is 0. The van der Waals surface area contributed by atoms with Gasteiger partial charge in [-0.05, 0) is 31.8 Å². The average Bonchev–Trinajstić information content (AvgIpc) is 2.68. The Kier molecular flexibility index (Phi) is 18.0. The van der Waals surface area contributed by atoms with Crippen molar-refractivity contribution in [2.75, 3.05) is 0 Å². The van der Waals surface area contributed by atoms with Crippen LogP contribution in [0.3, 0.4) is 0 Å². The fraction of sp³-hybridized carbons (Fsp3) is 0.556. The van der Waals surface area contributed by atoms with E-state index in [0.29, 0.717) is 0 Å². The van der Waals surface area contributed by atoms with Crippen molar-refractivity contribution in [3.05, 3.63) is 72.9 Å². The molecule has 1 aliphatic rings. The van der Waals surface area contributed by atoms with E-state index in [1.165, 1.54) is 89.9 Å². The molecule has 0 aromatic carbocycles. The highest BCUT2D eigenvalue weighted by molar-refractivity contribution is 5.19. The van der Waals surface area contributed by atoms with Crippen LogP contribution in [-0.4, -0.2) is 0 Å². The number of hydrogen-bond acceptors (Lipinski definition) is 0. The van der Waals surface area contributed by atoms with E-state index in [4.69, 9.17) is 0 Å². The van der Waals surface area contributed by atoms with Gasteiger partial charge in [-0.1, -0.05) is 137 Å². The van der Waals surface area contributed by atoms with Crippen LogP contribution in [0.25, 0.3) is 0 Å². The Bertz CT molecular complexity index is 426. The molecule has 0 N–H and O–H groups in total. The summed E-state index contributed by atoms with van der Waals surface area (Å²) in [6.45, 7) is 0. The van der Waals surface area contributed by atoms with Crippen LogP contribution >= 0.6 is 0 Å². The summed E-state index contributed by atoms with van der Waals surface area (Å²) in [5, 5.41) is 0. The molecule has 0 unspecified atom stereocenters. The van der Waals surface area contributed by atoms with Gasteiger partial charge in [-0.2, -0.15) is 0 Å². The Morgan fingerprint density at radius 3 is 1.33 bits per heavy atom. The molecule has 0 saturated heterocycles. The first-order valence-corrected chi connectivity index (χ1v) is 11.4. The van der Waals surface area contributed by atoms with E-state index in [1.807, 2.05) is 6.08 Å². The average molecular weight is 366 g/mol. The van der Waals surface area contributed by atoms with Gasteiger partial charge in [0.15, 0.2) is 0 Å². The highest BCUT2D eigenvalue weighted by Crippen LogP contribution is 2.13. The number of hydrogen-bond donors (Lipinski definition) is 0. The van der Waals surface area contributed by atoms with E-state index in [9.17, 15) is 0 Å². The van der Waals surface area contributed by atoms with Gasteiger partial charge in [0.25, 0.3) is 0 Å². The van der Waals surface area contributed by atoms with Gasteiger partial charge in [0.1, 0.15) is 0 Å². The standard InChI is InChI=1S/C27H41/c1-2-4-6-8-10-12-14-16-18-20-22-24-26-27-25-23-21-19-17-15-13-11-9-7-5-3-1/h1-11H,12,14-27H2/b2-1-,5-3-,6-4-,9-7-,10-8-,13-11?. The molecule has 0 bridgehead atoms. The molecule has 0 aromatic rings. The highest BCUT2D eigenvalue weighted by Gasteiger charge is 1.94. The first-order valence-electron chi connectivity index (χ1n) is 11.4. The largest absolute Gasteiger partial charge is 0.0845 e. The molecule has 0 saturated carbocycles. The molecule has 0 atom stereocenters. The van der Waals surface area contributed by atoms with Gasteiger partial charge in [0.05, 0.1) is 0 Å². The third-order valence-electron chi connectivity index (χ3n) is 4.93. The van der Waals surface area contributed by atoms with Gasteiger partial charge >= 0.3 is 0 Å². The number of allylic oxidation sites excluding steroid dienone is 12. The van der Waals surface area contributed by atoms with Crippen LogP contribution in [0.5, 0.6) is 0 Å². The normalized spacial score (nSPS) is 27.6. The molecule has 1 aliphatic carbocycles. The molecule has 0 heterocycles. The van der Waals surface area contributed by atoms with Gasteiger partial charge in [0, 0.05) is 0 Å². The second kappa shape index (κ2) is 20.7. The predicted octanol–water partition coefficient (Wildman–Crippen LogP) is 8.99. The molecular formula is C27H41. The van der Waals surface area contributed by atoms with Crippen LogP contribution in [0.1, 0.15) is 96.3 Å². The Balaban J connectivity index is 2.27. The second-order valence-corrected chi connectivity index (χ2v) is 7.47. The summed E-state index contributed by atoms with van der Waals surface area (Å²) < 4.78 is 0. The first-order chi connectivity index (χ1) is 13.5. The molecule has 1 radical (unpaired) electrons. The lowest BCUT2D eigenvalue weighted by Crippen LogP contribution is -1.83. The maximum absolute atomic E-state index is 3.37. The Labute approximate surface area is 169 Å². The van der Waals surface area contributed by atoms with Crippen LogP contribution in [0, 0.1) is 6.08 Å². The predicted molar refractivity (Wildman–Crippen MR) is 123 cm³/mol. The Morgan fingerprint density at radius 2 is 0.778 bits per heavy atom. The van der Waals surface area contributed by atoms with Crippen LogP contribution in [0.2, 0.25) is 0 Å². The van der Waals surface area contributed by atoms with Crippen LogP contribution in [0.4, 0.5) is 0 Å². The monoisotopic (exact) mass is 365 g/mol. The molecule has 0 spiro atoms. The van der Waals surface area contributed by atoms with Crippen molar-refractivity contribution in [1.82, 2.24) is 0 Å². The Morgan fingerprint density at radius 1 is 0.370 bits per heavy atom. The van der Waals surface area contributed by atoms with Crippen LogP contribution < -0.4 is 0 Å². The molecule has 0 nitrogen and oxygen atoms in total. The summed E-state index contributed by atoms with van der Waals surface area (Å²) >= 11 is 0. The molecule has 1 rings (SSSR count). The van der Waals surface area contributed by atoms with Gasteiger partial charge in [-0.15, -0.1) is 0 Å². The van der Waals surface area contributed by atoms with E-state index in [-0.39, 0.29) is 0 Å². The topological polar surface area (TPSA) is 0 Å². The van der Waals surface area contributed by atoms with Crippen molar-refractivity contribution in [2.45, 2.75) is 96.3 Å². The molecule has 27 heavy (non-hydrogen) atoms. The lowest BCUT2D eigenvalue weighted by atomic mass is 10.0. The minimum atomic E-state index is 1.09. The third kappa shape index (κ3) is 19.0. The van der Waals surface area contributed by atoms with Gasteiger partial charge < -0.3 is 0 Å². The highest BCUT2D eigenvalue weighted by atomic mass is 14.0. The third-order valence-corrected chi connectivity index (χ3v) is 4.93. The minimum absolute atomic E-state index is 1.09. The summed E-state index contributed by atoms with van der Waals surface area (Å²) in [7, 11) is 0. The SMILES string of the molecule is [C]1=C/C=C\C=C/C=C\C=C/C=C\CCCCCCCCCCCCCCC\1. The van der Waals surface area contributed by atoms with Gasteiger partial charge in [0.2, 0.25) is 0 Å². The molecule has 149 valence electrons. The van der Waals surface area contributed by atoms with E-state index in [2.05, 4.69) is 66.8 Å². The molecule has 0 aromatic heterocycles. The maximum Gasteiger partial charge on any atom is -0.0276 e.